The quantitative estimate of drug-likeness (QED) is 0.434. The van der Waals surface area contributed by atoms with Gasteiger partial charge in [0.1, 0.15) is 17.8 Å². The van der Waals surface area contributed by atoms with Gasteiger partial charge in [-0.15, -0.1) is 0 Å². The molecule has 1 aliphatic heterocycles. The highest BCUT2D eigenvalue weighted by Crippen LogP contribution is 2.31. The third-order valence-corrected chi connectivity index (χ3v) is 6.40. The third-order valence-electron chi connectivity index (χ3n) is 6.40. The van der Waals surface area contributed by atoms with E-state index in [9.17, 15) is 20.4 Å². The molecule has 2 unspecified atom stereocenters. The number of ether oxygens (including phenoxy) is 1. The number of nitrogens with one attached hydrogen (secondary N) is 1. The van der Waals surface area contributed by atoms with Gasteiger partial charge in [-0.25, -0.2) is 9.97 Å². The molecule has 1 saturated heterocycles. The van der Waals surface area contributed by atoms with Gasteiger partial charge >= 0.3 is 0 Å². The number of anilines is 1. The lowest BCUT2D eigenvalue weighted by Gasteiger charge is -2.43. The van der Waals surface area contributed by atoms with Gasteiger partial charge in [-0.2, -0.15) is 10.5 Å². The molecular weight excluding hydrogens is 422 g/mol. The van der Waals surface area contributed by atoms with Crippen molar-refractivity contribution in [2.24, 2.45) is 11.8 Å². The number of hydrogen-bond acceptors (Lipinski definition) is 8. The summed E-state index contributed by atoms with van der Waals surface area (Å²) in [7, 11) is 1.94. The maximum atomic E-state index is 13.4. The van der Waals surface area contributed by atoms with E-state index in [2.05, 4.69) is 21.9 Å². The fraction of sp³-hybridized carbons (Fsp3) is 0.609. The Morgan fingerprint density at radius 3 is 2.97 bits per heavy atom. The zero-order valence-electron chi connectivity index (χ0n) is 19.4. The van der Waals surface area contributed by atoms with E-state index >= 15 is 0 Å². The number of nitriles is 2. The highest BCUT2D eigenvalue weighted by atomic mass is 16.6. The Bertz CT molecular complexity index is 1040. The average Bonchev–Trinajstić information content (AvgIpc) is 3.28. The normalized spacial score (nSPS) is 21.1. The highest BCUT2D eigenvalue weighted by Gasteiger charge is 2.46. The predicted octanol–water partition coefficient (Wildman–Crippen LogP) is 2.19. The number of hydrogen-bond donors (Lipinski definition) is 2. The van der Waals surface area contributed by atoms with Crippen LogP contribution in [0.2, 0.25) is 0 Å². The smallest absolute Gasteiger partial charge is 0.245 e. The van der Waals surface area contributed by atoms with Crippen molar-refractivity contribution in [2.75, 3.05) is 31.6 Å². The lowest BCUT2D eigenvalue weighted by atomic mass is 9.89. The van der Waals surface area contributed by atoms with Crippen LogP contribution in [0.15, 0.2) is 18.6 Å². The number of aromatic nitrogens is 3. The van der Waals surface area contributed by atoms with Gasteiger partial charge in [-0.3, -0.25) is 4.79 Å². The SMILES string of the molecule is CCCCOC(O)(CC#N)C(C#N)C(=O)N1CC[C@@H](C)[C@@H](N(C)c2ncnc3[nH]ccc23)C1. The molecule has 3 rings (SSSR count). The first-order chi connectivity index (χ1) is 15.9. The molecule has 10 heteroatoms. The summed E-state index contributed by atoms with van der Waals surface area (Å²) in [5.74, 6) is -3.12. The van der Waals surface area contributed by atoms with Gasteiger partial charge in [0.05, 0.1) is 36.6 Å². The van der Waals surface area contributed by atoms with Gasteiger partial charge in [0.2, 0.25) is 11.7 Å². The number of aromatic amines is 1. The molecule has 0 aliphatic carbocycles. The maximum Gasteiger partial charge on any atom is 0.245 e. The molecule has 1 fully saturated rings. The van der Waals surface area contributed by atoms with E-state index in [0.717, 1.165) is 29.7 Å². The number of amides is 1. The second kappa shape index (κ2) is 10.6. The number of fused-ring (bicyclic) bond motifs is 1. The lowest BCUT2D eigenvalue weighted by Crippen LogP contribution is -2.57. The van der Waals surface area contributed by atoms with Crippen molar-refractivity contribution < 1.29 is 14.6 Å². The van der Waals surface area contributed by atoms with Crippen molar-refractivity contribution in [3.05, 3.63) is 18.6 Å². The molecule has 0 spiro atoms. The van der Waals surface area contributed by atoms with Crippen molar-refractivity contribution in [3.63, 3.8) is 0 Å². The summed E-state index contributed by atoms with van der Waals surface area (Å²) in [6, 6.07) is 5.62. The van der Waals surface area contributed by atoms with Crippen molar-refractivity contribution in [3.8, 4) is 12.1 Å². The molecule has 1 amide bonds. The largest absolute Gasteiger partial charge is 0.363 e. The summed E-state index contributed by atoms with van der Waals surface area (Å²) in [6.07, 6.45) is 5.06. The fourth-order valence-electron chi connectivity index (χ4n) is 4.32. The molecule has 2 aromatic rings. The number of rotatable bonds is 9. The number of nitrogens with zero attached hydrogens (tertiary/aromatic N) is 6. The minimum absolute atomic E-state index is 0.0555. The molecule has 0 aromatic carbocycles. The van der Waals surface area contributed by atoms with Gasteiger partial charge in [-0.1, -0.05) is 20.3 Å². The van der Waals surface area contributed by atoms with Crippen LogP contribution in [0.4, 0.5) is 5.82 Å². The Balaban J connectivity index is 1.81. The van der Waals surface area contributed by atoms with Crippen LogP contribution >= 0.6 is 0 Å². The Morgan fingerprint density at radius 1 is 1.48 bits per heavy atom. The number of piperidine rings is 1. The summed E-state index contributed by atoms with van der Waals surface area (Å²) in [5.41, 5.74) is 0.735. The molecule has 1 aliphatic rings. The van der Waals surface area contributed by atoms with E-state index in [1.807, 2.05) is 43.3 Å². The van der Waals surface area contributed by atoms with Gasteiger partial charge in [-0.05, 0) is 24.8 Å². The number of H-pyrrole nitrogens is 1. The van der Waals surface area contributed by atoms with Crippen LogP contribution < -0.4 is 4.90 Å². The summed E-state index contributed by atoms with van der Waals surface area (Å²) >= 11 is 0. The minimum Gasteiger partial charge on any atom is -0.363 e. The first-order valence-electron chi connectivity index (χ1n) is 11.3. The summed E-state index contributed by atoms with van der Waals surface area (Å²) in [6.45, 7) is 5.08. The van der Waals surface area contributed by atoms with Crippen LogP contribution in [0.3, 0.4) is 0 Å². The van der Waals surface area contributed by atoms with E-state index in [4.69, 9.17) is 4.74 Å². The summed E-state index contributed by atoms with van der Waals surface area (Å²) in [5, 5.41) is 30.8. The lowest BCUT2D eigenvalue weighted by molar-refractivity contribution is -0.224. The van der Waals surface area contributed by atoms with Crippen molar-refractivity contribution >= 4 is 22.8 Å². The number of likely N-dealkylation sites (tertiary alicyclic amines) is 1. The average molecular weight is 454 g/mol. The molecule has 2 aromatic heterocycles. The zero-order valence-corrected chi connectivity index (χ0v) is 19.4. The summed E-state index contributed by atoms with van der Waals surface area (Å²) in [4.78, 5) is 28.8. The number of unbranched alkanes of at least 4 members (excludes halogenated alkanes) is 1. The standard InChI is InChI=1S/C23H31N7O3/c1-4-5-12-33-23(32,8-9-24)18(13-25)22(31)30-11-7-16(2)19(14-30)29(3)21-17-6-10-26-20(17)27-15-28-21/h6,10,15-16,18-19,32H,4-5,7-8,11-12,14H2,1-3H3,(H,26,27,28)/t16-,18?,19+,23?/m1/s1. The Kier molecular flexibility index (Phi) is 7.85. The van der Waals surface area contributed by atoms with E-state index in [0.29, 0.717) is 19.5 Å². The molecule has 176 valence electrons. The molecule has 2 N–H and O–H groups in total. The van der Waals surface area contributed by atoms with Crippen LogP contribution in [0.25, 0.3) is 11.0 Å². The van der Waals surface area contributed by atoms with Gasteiger partial charge in [0.15, 0.2) is 5.92 Å². The van der Waals surface area contributed by atoms with Crippen LogP contribution in [0.1, 0.15) is 39.5 Å². The van der Waals surface area contributed by atoms with Gasteiger partial charge < -0.3 is 24.6 Å². The molecule has 4 atom stereocenters. The topological polar surface area (TPSA) is 142 Å². The first-order valence-corrected chi connectivity index (χ1v) is 11.3. The first kappa shape index (κ1) is 24.4. The van der Waals surface area contributed by atoms with E-state index < -0.39 is 24.0 Å². The molecule has 33 heavy (non-hydrogen) atoms. The maximum absolute atomic E-state index is 13.4. The number of aliphatic hydroxyl groups is 1. The molecular formula is C23H31N7O3. The molecule has 10 nitrogen and oxygen atoms in total. The fourth-order valence-corrected chi connectivity index (χ4v) is 4.32. The Hall–Kier alpha value is -3.21. The van der Waals surface area contributed by atoms with E-state index in [1.54, 1.807) is 4.90 Å². The monoisotopic (exact) mass is 453 g/mol. The minimum atomic E-state index is -2.13. The van der Waals surface area contributed by atoms with Crippen molar-refractivity contribution in [1.82, 2.24) is 19.9 Å². The van der Waals surface area contributed by atoms with Crippen LogP contribution in [-0.4, -0.2) is 69.4 Å². The Labute approximate surface area is 193 Å². The van der Waals surface area contributed by atoms with Crippen molar-refractivity contribution in [1.29, 1.82) is 10.5 Å². The Morgan fingerprint density at radius 2 is 2.27 bits per heavy atom. The second-order valence-corrected chi connectivity index (χ2v) is 8.61. The number of likely N-dealkylation sites (N-methyl/N-ethyl adjacent to an activating group) is 1. The van der Waals surface area contributed by atoms with Crippen LogP contribution in [0, 0.1) is 34.5 Å². The van der Waals surface area contributed by atoms with Crippen molar-refractivity contribution in [2.45, 2.75) is 51.4 Å². The third kappa shape index (κ3) is 5.08. The molecule has 0 bridgehead atoms. The highest BCUT2D eigenvalue weighted by molar-refractivity contribution is 5.87. The molecule has 0 radical (unpaired) electrons. The van der Waals surface area contributed by atoms with Crippen LogP contribution in [0.5, 0.6) is 0 Å². The summed E-state index contributed by atoms with van der Waals surface area (Å²) < 4.78 is 5.51. The van der Waals surface area contributed by atoms with E-state index in [1.165, 1.54) is 6.33 Å². The van der Waals surface area contributed by atoms with Gasteiger partial charge in [0, 0.05) is 26.3 Å². The van der Waals surface area contributed by atoms with Crippen LogP contribution in [-0.2, 0) is 9.53 Å². The molecule has 3 heterocycles. The molecule has 0 saturated carbocycles. The van der Waals surface area contributed by atoms with E-state index in [-0.39, 0.29) is 18.6 Å². The second-order valence-electron chi connectivity index (χ2n) is 8.61. The number of carbonyl (C=O) groups excluding carboxylic acids is 1. The van der Waals surface area contributed by atoms with Gasteiger partial charge in [0.25, 0.3) is 0 Å². The predicted molar refractivity (Wildman–Crippen MR) is 122 cm³/mol. The number of carbonyl (C=O) groups is 1. The zero-order chi connectivity index (χ0) is 24.0.